The maximum atomic E-state index is 12.2. The van der Waals surface area contributed by atoms with Crippen molar-refractivity contribution < 1.29 is 9.53 Å². The Kier molecular flexibility index (Phi) is 5.30. The molecular weight excluding hydrogens is 324 g/mol. The second kappa shape index (κ2) is 7.61. The van der Waals surface area contributed by atoms with E-state index in [4.69, 9.17) is 4.74 Å². The zero-order valence-corrected chi connectivity index (χ0v) is 14.8. The van der Waals surface area contributed by atoms with Gasteiger partial charge in [-0.3, -0.25) is 0 Å². The van der Waals surface area contributed by atoms with Crippen LogP contribution in [-0.4, -0.2) is 40.1 Å². The number of piperidine rings is 1. The number of rotatable bonds is 4. The normalized spacial score (nSPS) is 15.3. The molecule has 2 amide bonds. The molecule has 0 unspecified atom stereocenters. The minimum Gasteiger partial charge on any atom is -0.474 e. The molecule has 0 saturated carbocycles. The zero-order chi connectivity index (χ0) is 16.9. The van der Waals surface area contributed by atoms with Gasteiger partial charge < -0.3 is 15.0 Å². The lowest BCUT2D eigenvalue weighted by atomic mass is 10.1. The lowest BCUT2D eigenvalue weighted by Gasteiger charge is -2.32. The number of carbonyl (C=O) groups is 1. The van der Waals surface area contributed by atoms with Gasteiger partial charge in [0.1, 0.15) is 11.9 Å². The first-order chi connectivity index (χ1) is 11.6. The summed E-state index contributed by atoms with van der Waals surface area (Å²) >= 11 is 1.65. The molecule has 0 aromatic carbocycles. The largest absolute Gasteiger partial charge is 0.474 e. The lowest BCUT2D eigenvalue weighted by molar-refractivity contribution is 0.107. The quantitative estimate of drug-likeness (QED) is 0.924. The van der Waals surface area contributed by atoms with Gasteiger partial charge >= 0.3 is 6.03 Å². The van der Waals surface area contributed by atoms with E-state index >= 15 is 0 Å². The average Bonchev–Trinajstić information content (AvgIpc) is 3.06. The van der Waals surface area contributed by atoms with Crippen LogP contribution in [-0.2, 0) is 6.54 Å². The summed E-state index contributed by atoms with van der Waals surface area (Å²) in [6.07, 6.45) is 1.73. The van der Waals surface area contributed by atoms with E-state index in [0.29, 0.717) is 25.5 Å². The van der Waals surface area contributed by atoms with Crippen LogP contribution in [0.1, 0.15) is 29.2 Å². The van der Waals surface area contributed by atoms with Gasteiger partial charge in [0, 0.05) is 42.6 Å². The molecule has 24 heavy (non-hydrogen) atoms. The molecule has 0 atom stereocenters. The minimum absolute atomic E-state index is 0.00410. The summed E-state index contributed by atoms with van der Waals surface area (Å²) in [6, 6.07) is 5.87. The van der Waals surface area contributed by atoms with Crippen molar-refractivity contribution in [2.45, 2.75) is 39.3 Å². The van der Waals surface area contributed by atoms with Gasteiger partial charge in [-0.05, 0) is 25.3 Å². The molecular formula is C17H22N4O2S. The molecule has 3 heterocycles. The Bertz CT molecular complexity index is 662. The van der Waals surface area contributed by atoms with E-state index in [1.54, 1.807) is 11.3 Å². The molecule has 0 radical (unpaired) electrons. The summed E-state index contributed by atoms with van der Waals surface area (Å²) < 4.78 is 5.96. The van der Waals surface area contributed by atoms with Gasteiger partial charge in [0.15, 0.2) is 0 Å². The SMILES string of the molecule is Cc1cc(OC2CCN(C(=O)NCc3cccs3)CC2)nc(C)n1. The number of aryl methyl sites for hydroxylation is 2. The molecule has 2 aromatic heterocycles. The number of nitrogens with zero attached hydrogens (tertiary/aromatic N) is 3. The molecule has 2 aromatic rings. The van der Waals surface area contributed by atoms with Crippen LogP contribution < -0.4 is 10.1 Å². The molecule has 6 nitrogen and oxygen atoms in total. The minimum atomic E-state index is -0.00410. The van der Waals surface area contributed by atoms with Crippen molar-refractivity contribution in [3.05, 3.63) is 40.0 Å². The average molecular weight is 346 g/mol. The number of thiophene rings is 1. The molecule has 1 saturated heterocycles. The summed E-state index contributed by atoms with van der Waals surface area (Å²) in [6.45, 7) is 5.78. The van der Waals surface area contributed by atoms with Gasteiger partial charge in [-0.2, -0.15) is 4.98 Å². The van der Waals surface area contributed by atoms with Gasteiger partial charge in [-0.15, -0.1) is 11.3 Å². The highest BCUT2D eigenvalue weighted by Gasteiger charge is 2.24. The van der Waals surface area contributed by atoms with E-state index in [0.717, 1.165) is 29.2 Å². The molecule has 0 aliphatic carbocycles. The molecule has 1 fully saturated rings. The summed E-state index contributed by atoms with van der Waals surface area (Å²) in [4.78, 5) is 23.8. The molecule has 1 aliphatic rings. The molecule has 0 spiro atoms. The van der Waals surface area contributed by atoms with Crippen LogP contribution in [0.5, 0.6) is 5.88 Å². The number of ether oxygens (including phenoxy) is 1. The third-order valence-corrected chi connectivity index (χ3v) is 4.83. The van der Waals surface area contributed by atoms with Gasteiger partial charge in [-0.25, -0.2) is 9.78 Å². The predicted octanol–water partition coefficient (Wildman–Crippen LogP) is 2.91. The maximum absolute atomic E-state index is 12.2. The molecule has 0 bridgehead atoms. The van der Waals surface area contributed by atoms with Crippen molar-refractivity contribution in [3.8, 4) is 5.88 Å². The van der Waals surface area contributed by atoms with Crippen LogP contribution in [0.4, 0.5) is 4.79 Å². The third kappa shape index (κ3) is 4.44. The predicted molar refractivity (Wildman–Crippen MR) is 93.3 cm³/mol. The number of nitrogens with one attached hydrogen (secondary N) is 1. The number of amides is 2. The van der Waals surface area contributed by atoms with Crippen molar-refractivity contribution in [3.63, 3.8) is 0 Å². The molecule has 3 rings (SSSR count). The van der Waals surface area contributed by atoms with Crippen LogP contribution in [0.25, 0.3) is 0 Å². The molecule has 1 aliphatic heterocycles. The van der Waals surface area contributed by atoms with Crippen LogP contribution in [0.2, 0.25) is 0 Å². The van der Waals surface area contributed by atoms with E-state index in [-0.39, 0.29) is 12.1 Å². The Morgan fingerprint density at radius 3 is 2.83 bits per heavy atom. The maximum Gasteiger partial charge on any atom is 0.317 e. The van der Waals surface area contributed by atoms with E-state index in [1.165, 1.54) is 0 Å². The van der Waals surface area contributed by atoms with E-state index in [9.17, 15) is 4.79 Å². The molecule has 7 heteroatoms. The zero-order valence-electron chi connectivity index (χ0n) is 14.0. The number of hydrogen-bond donors (Lipinski definition) is 1. The second-order valence-electron chi connectivity index (χ2n) is 5.94. The smallest absolute Gasteiger partial charge is 0.317 e. The summed E-state index contributed by atoms with van der Waals surface area (Å²) in [5, 5.41) is 4.98. The monoisotopic (exact) mass is 346 g/mol. The number of likely N-dealkylation sites (tertiary alicyclic amines) is 1. The fourth-order valence-corrected chi connectivity index (χ4v) is 3.42. The van der Waals surface area contributed by atoms with Gasteiger partial charge in [0.05, 0.1) is 6.54 Å². The highest BCUT2D eigenvalue weighted by Crippen LogP contribution is 2.18. The third-order valence-electron chi connectivity index (χ3n) is 3.95. The highest BCUT2D eigenvalue weighted by atomic mass is 32.1. The van der Waals surface area contributed by atoms with E-state index in [1.807, 2.05) is 42.3 Å². The molecule has 1 N–H and O–H groups in total. The second-order valence-corrected chi connectivity index (χ2v) is 6.97. The first-order valence-electron chi connectivity index (χ1n) is 8.14. The van der Waals surface area contributed by atoms with Crippen molar-refractivity contribution in [2.75, 3.05) is 13.1 Å². The van der Waals surface area contributed by atoms with Crippen LogP contribution >= 0.6 is 11.3 Å². The number of hydrogen-bond acceptors (Lipinski definition) is 5. The Morgan fingerprint density at radius 2 is 2.17 bits per heavy atom. The standard InChI is InChI=1S/C17H22N4O2S/c1-12-10-16(20-13(2)19-12)23-14-5-7-21(8-6-14)17(22)18-11-15-4-3-9-24-15/h3-4,9-10,14H,5-8,11H2,1-2H3,(H,18,22). The lowest BCUT2D eigenvalue weighted by Crippen LogP contribution is -2.46. The van der Waals surface area contributed by atoms with Gasteiger partial charge in [-0.1, -0.05) is 6.07 Å². The van der Waals surface area contributed by atoms with Crippen LogP contribution in [0.15, 0.2) is 23.6 Å². The topological polar surface area (TPSA) is 67.3 Å². The Morgan fingerprint density at radius 1 is 1.38 bits per heavy atom. The van der Waals surface area contributed by atoms with Gasteiger partial charge in [0.25, 0.3) is 0 Å². The van der Waals surface area contributed by atoms with Crippen LogP contribution in [0.3, 0.4) is 0 Å². The Balaban J connectivity index is 1.45. The van der Waals surface area contributed by atoms with E-state index < -0.39 is 0 Å². The van der Waals surface area contributed by atoms with Gasteiger partial charge in [0.2, 0.25) is 5.88 Å². The van der Waals surface area contributed by atoms with Crippen molar-refractivity contribution >= 4 is 17.4 Å². The first-order valence-corrected chi connectivity index (χ1v) is 9.02. The fraction of sp³-hybridized carbons (Fsp3) is 0.471. The number of urea groups is 1. The highest BCUT2D eigenvalue weighted by molar-refractivity contribution is 7.09. The van der Waals surface area contributed by atoms with Crippen molar-refractivity contribution in [1.29, 1.82) is 0 Å². The Labute approximate surface area is 145 Å². The summed E-state index contributed by atoms with van der Waals surface area (Å²) in [5.41, 5.74) is 0.905. The summed E-state index contributed by atoms with van der Waals surface area (Å²) in [7, 11) is 0. The first kappa shape index (κ1) is 16.7. The number of carbonyl (C=O) groups excluding carboxylic acids is 1. The van der Waals surface area contributed by atoms with Crippen molar-refractivity contribution in [1.82, 2.24) is 20.2 Å². The van der Waals surface area contributed by atoms with Crippen LogP contribution in [0, 0.1) is 13.8 Å². The summed E-state index contributed by atoms with van der Waals surface area (Å²) in [5.74, 6) is 1.34. The molecule has 128 valence electrons. The number of aromatic nitrogens is 2. The van der Waals surface area contributed by atoms with E-state index in [2.05, 4.69) is 15.3 Å². The Hall–Kier alpha value is -2.15. The fourth-order valence-electron chi connectivity index (χ4n) is 2.78. The van der Waals surface area contributed by atoms with Crippen molar-refractivity contribution in [2.24, 2.45) is 0 Å².